The predicted molar refractivity (Wildman–Crippen MR) is 51.5 cm³/mol. The minimum Gasteiger partial charge on any atom is -0.326 e. The maximum absolute atomic E-state index is 12.8. The molecule has 0 radical (unpaired) electrons. The summed E-state index contributed by atoms with van der Waals surface area (Å²) in [5, 5.41) is 0. The Bertz CT molecular complexity index is 350. The molecule has 0 aliphatic heterocycles. The van der Waals surface area contributed by atoms with E-state index in [2.05, 4.69) is 0 Å². The maximum Gasteiger partial charge on any atom is 0.458 e. The second-order valence-electron chi connectivity index (χ2n) is 2.98. The minimum atomic E-state index is -5.58. The molecular formula is C9H9ClF5N. The van der Waals surface area contributed by atoms with Crippen LogP contribution in [0.15, 0.2) is 24.3 Å². The highest BCUT2D eigenvalue weighted by Gasteiger charge is 2.58. The molecule has 0 heterocycles. The van der Waals surface area contributed by atoms with Crippen molar-refractivity contribution in [2.75, 3.05) is 0 Å². The number of halogens is 6. The molecule has 1 aromatic carbocycles. The van der Waals surface area contributed by atoms with E-state index < -0.39 is 17.7 Å². The van der Waals surface area contributed by atoms with Gasteiger partial charge in [-0.05, 0) is 11.6 Å². The minimum absolute atomic E-state index is 0. The van der Waals surface area contributed by atoms with Crippen molar-refractivity contribution in [1.82, 2.24) is 0 Å². The Morgan fingerprint density at radius 2 is 1.62 bits per heavy atom. The van der Waals surface area contributed by atoms with Crippen LogP contribution in [0.2, 0.25) is 0 Å². The van der Waals surface area contributed by atoms with Gasteiger partial charge in [-0.25, -0.2) is 0 Å². The number of hydrogen-bond acceptors (Lipinski definition) is 1. The number of alkyl halides is 5. The third-order valence-corrected chi connectivity index (χ3v) is 1.88. The summed E-state index contributed by atoms with van der Waals surface area (Å²) in [6, 6.07) is 3.99. The van der Waals surface area contributed by atoms with E-state index in [0.717, 1.165) is 18.2 Å². The van der Waals surface area contributed by atoms with Gasteiger partial charge in [-0.2, -0.15) is 22.0 Å². The summed E-state index contributed by atoms with van der Waals surface area (Å²) in [6.45, 7) is -0.0816. The molecule has 0 saturated heterocycles. The quantitative estimate of drug-likeness (QED) is 0.813. The van der Waals surface area contributed by atoms with Gasteiger partial charge in [0, 0.05) is 12.1 Å². The van der Waals surface area contributed by atoms with Crippen molar-refractivity contribution in [2.45, 2.75) is 18.6 Å². The summed E-state index contributed by atoms with van der Waals surface area (Å²) in [6.07, 6.45) is -5.58. The van der Waals surface area contributed by atoms with Crippen molar-refractivity contribution in [3.05, 3.63) is 35.4 Å². The first kappa shape index (κ1) is 15.1. The molecule has 0 bridgehead atoms. The lowest BCUT2D eigenvalue weighted by molar-refractivity contribution is -0.289. The van der Waals surface area contributed by atoms with E-state index in [1.807, 2.05) is 0 Å². The monoisotopic (exact) mass is 261 g/mol. The van der Waals surface area contributed by atoms with Gasteiger partial charge in [-0.1, -0.05) is 18.2 Å². The fourth-order valence-corrected chi connectivity index (χ4v) is 1.06. The number of hydrogen-bond donors (Lipinski definition) is 1. The molecular weight excluding hydrogens is 253 g/mol. The average molecular weight is 262 g/mol. The van der Waals surface area contributed by atoms with Crippen LogP contribution in [-0.4, -0.2) is 6.18 Å². The van der Waals surface area contributed by atoms with E-state index in [4.69, 9.17) is 5.73 Å². The molecule has 0 fully saturated rings. The highest BCUT2D eigenvalue weighted by molar-refractivity contribution is 5.85. The topological polar surface area (TPSA) is 26.0 Å². The molecule has 1 rings (SSSR count). The maximum atomic E-state index is 12.8. The highest BCUT2D eigenvalue weighted by Crippen LogP contribution is 2.43. The van der Waals surface area contributed by atoms with Gasteiger partial charge in [0.25, 0.3) is 0 Å². The average Bonchev–Trinajstić information content (AvgIpc) is 2.16. The largest absolute Gasteiger partial charge is 0.458 e. The van der Waals surface area contributed by atoms with Crippen molar-refractivity contribution in [2.24, 2.45) is 5.73 Å². The van der Waals surface area contributed by atoms with Crippen LogP contribution in [0.5, 0.6) is 0 Å². The Kier molecular flexibility index (Phi) is 4.69. The van der Waals surface area contributed by atoms with E-state index in [1.54, 1.807) is 0 Å². The van der Waals surface area contributed by atoms with Crippen LogP contribution in [0.3, 0.4) is 0 Å². The first-order valence-electron chi connectivity index (χ1n) is 4.03. The van der Waals surface area contributed by atoms with E-state index in [1.165, 1.54) is 6.07 Å². The van der Waals surface area contributed by atoms with Gasteiger partial charge in [0.05, 0.1) is 0 Å². The summed E-state index contributed by atoms with van der Waals surface area (Å²) in [5.41, 5.74) is 4.29. The van der Waals surface area contributed by atoms with Gasteiger partial charge in [0.15, 0.2) is 0 Å². The predicted octanol–water partition coefficient (Wildman–Crippen LogP) is 3.22. The Labute approximate surface area is 94.8 Å². The SMILES string of the molecule is Cl.NCc1cccc(C(F)(F)C(F)(F)F)c1. The molecule has 0 atom stereocenters. The molecule has 2 N–H and O–H groups in total. The Morgan fingerprint density at radius 1 is 1.06 bits per heavy atom. The van der Waals surface area contributed by atoms with Crippen LogP contribution >= 0.6 is 12.4 Å². The molecule has 1 nitrogen and oxygen atoms in total. The first-order valence-corrected chi connectivity index (χ1v) is 4.03. The van der Waals surface area contributed by atoms with E-state index in [0.29, 0.717) is 0 Å². The van der Waals surface area contributed by atoms with Crippen LogP contribution in [-0.2, 0) is 12.5 Å². The molecule has 1 aromatic rings. The van der Waals surface area contributed by atoms with Gasteiger partial charge in [-0.15, -0.1) is 12.4 Å². The van der Waals surface area contributed by atoms with Crippen molar-refractivity contribution < 1.29 is 22.0 Å². The van der Waals surface area contributed by atoms with Crippen molar-refractivity contribution >= 4 is 12.4 Å². The molecule has 0 aliphatic carbocycles. The molecule has 0 saturated carbocycles. The van der Waals surface area contributed by atoms with Gasteiger partial charge >= 0.3 is 12.1 Å². The third-order valence-electron chi connectivity index (χ3n) is 1.88. The molecule has 92 valence electrons. The molecule has 0 unspecified atom stereocenters. The lowest BCUT2D eigenvalue weighted by atomic mass is 10.0. The fourth-order valence-electron chi connectivity index (χ4n) is 1.06. The molecule has 0 aliphatic rings. The first-order chi connectivity index (χ1) is 6.79. The van der Waals surface area contributed by atoms with Gasteiger partial charge in [0.1, 0.15) is 0 Å². The van der Waals surface area contributed by atoms with Crippen molar-refractivity contribution in [3.8, 4) is 0 Å². The summed E-state index contributed by atoms with van der Waals surface area (Å²) >= 11 is 0. The second-order valence-corrected chi connectivity index (χ2v) is 2.98. The number of benzene rings is 1. The summed E-state index contributed by atoms with van der Waals surface area (Å²) in [4.78, 5) is 0. The van der Waals surface area contributed by atoms with E-state index in [-0.39, 0.29) is 24.5 Å². The summed E-state index contributed by atoms with van der Waals surface area (Å²) in [5.74, 6) is -4.84. The zero-order valence-electron chi connectivity index (χ0n) is 7.89. The van der Waals surface area contributed by atoms with E-state index in [9.17, 15) is 22.0 Å². The van der Waals surface area contributed by atoms with Crippen LogP contribution < -0.4 is 5.73 Å². The molecule has 16 heavy (non-hydrogen) atoms. The number of nitrogens with two attached hydrogens (primary N) is 1. The molecule has 0 spiro atoms. The smallest absolute Gasteiger partial charge is 0.326 e. The van der Waals surface area contributed by atoms with Gasteiger partial charge in [0.2, 0.25) is 0 Å². The lowest BCUT2D eigenvalue weighted by Gasteiger charge is -2.20. The van der Waals surface area contributed by atoms with Crippen LogP contribution in [0.4, 0.5) is 22.0 Å². The zero-order chi connectivity index (χ0) is 11.7. The Morgan fingerprint density at radius 3 is 2.06 bits per heavy atom. The van der Waals surface area contributed by atoms with Gasteiger partial charge in [-0.3, -0.25) is 0 Å². The number of rotatable bonds is 2. The standard InChI is InChI=1S/C9H8F5N.ClH/c10-8(11,9(12,13)14)7-3-1-2-6(4-7)5-15;/h1-4H,5,15H2;1H. The fraction of sp³-hybridized carbons (Fsp3) is 0.333. The van der Waals surface area contributed by atoms with Crippen molar-refractivity contribution in [1.29, 1.82) is 0 Å². The summed E-state index contributed by atoms with van der Waals surface area (Å²) in [7, 11) is 0. The molecule has 0 aromatic heterocycles. The van der Waals surface area contributed by atoms with Crippen LogP contribution in [0, 0.1) is 0 Å². The summed E-state index contributed by atoms with van der Waals surface area (Å²) < 4.78 is 61.5. The lowest BCUT2D eigenvalue weighted by Crippen LogP contribution is -2.33. The normalized spacial score (nSPS) is 12.1. The Balaban J connectivity index is 0.00000225. The van der Waals surface area contributed by atoms with Crippen LogP contribution in [0.1, 0.15) is 11.1 Å². The molecule has 0 amide bonds. The molecule has 7 heteroatoms. The van der Waals surface area contributed by atoms with Gasteiger partial charge < -0.3 is 5.73 Å². The Hall–Kier alpha value is -0.880. The van der Waals surface area contributed by atoms with Crippen LogP contribution in [0.25, 0.3) is 0 Å². The zero-order valence-corrected chi connectivity index (χ0v) is 8.71. The van der Waals surface area contributed by atoms with E-state index >= 15 is 0 Å². The second kappa shape index (κ2) is 4.97. The highest BCUT2D eigenvalue weighted by atomic mass is 35.5. The third kappa shape index (κ3) is 2.82. The van der Waals surface area contributed by atoms with Crippen molar-refractivity contribution in [3.63, 3.8) is 0 Å².